The zero-order valence-corrected chi connectivity index (χ0v) is 11.4. The molecule has 0 bridgehead atoms. The molecule has 8 nitrogen and oxygen atoms in total. The van der Waals surface area contributed by atoms with E-state index in [1.807, 2.05) is 6.07 Å². The average molecular weight is 300 g/mol. The van der Waals surface area contributed by atoms with Gasteiger partial charge in [-0.3, -0.25) is 15.0 Å². The molecule has 2 heterocycles. The summed E-state index contributed by atoms with van der Waals surface area (Å²) >= 11 is 0. The molecule has 2 aromatic rings. The normalized spacial score (nSPS) is 13.8. The summed E-state index contributed by atoms with van der Waals surface area (Å²) in [7, 11) is 0. The highest BCUT2D eigenvalue weighted by molar-refractivity contribution is 5.90. The summed E-state index contributed by atoms with van der Waals surface area (Å²) in [5, 5.41) is 13.6. The molecule has 0 unspecified atom stereocenters. The van der Waals surface area contributed by atoms with Gasteiger partial charge in [0.25, 0.3) is 5.69 Å². The van der Waals surface area contributed by atoms with Gasteiger partial charge in [-0.15, -0.1) is 0 Å². The number of nitro groups is 1. The molecule has 0 radical (unpaired) electrons. The van der Waals surface area contributed by atoms with Crippen molar-refractivity contribution in [1.29, 1.82) is 0 Å². The van der Waals surface area contributed by atoms with E-state index in [-0.39, 0.29) is 11.8 Å². The van der Waals surface area contributed by atoms with Crippen molar-refractivity contribution in [3.8, 4) is 0 Å². The summed E-state index contributed by atoms with van der Waals surface area (Å²) in [6, 6.07) is 10.1. The summed E-state index contributed by atoms with van der Waals surface area (Å²) in [5.41, 5.74) is 1.37. The molecular weight excluding hydrogens is 288 g/mol. The number of benzene rings is 1. The predicted octanol–water partition coefficient (Wildman–Crippen LogP) is 2.69. The Kier molecular flexibility index (Phi) is 3.57. The van der Waals surface area contributed by atoms with Crippen molar-refractivity contribution in [2.24, 2.45) is 0 Å². The molecule has 1 N–H and O–H groups in total. The second-order valence-electron chi connectivity index (χ2n) is 4.60. The molecule has 1 aromatic carbocycles. The number of carbonyl (C=O) groups excluding carboxylic acids is 1. The molecule has 1 aromatic heterocycles. The molecule has 0 atom stereocenters. The zero-order chi connectivity index (χ0) is 15.5. The van der Waals surface area contributed by atoms with Crippen molar-refractivity contribution in [2.45, 2.75) is 0 Å². The molecule has 1 aliphatic rings. The van der Waals surface area contributed by atoms with Crippen LogP contribution in [0.2, 0.25) is 0 Å². The Labute approximate surface area is 125 Å². The van der Waals surface area contributed by atoms with E-state index in [0.717, 1.165) is 11.4 Å². The van der Waals surface area contributed by atoms with E-state index in [9.17, 15) is 14.9 Å². The third kappa shape index (κ3) is 2.80. The maximum Gasteiger partial charge on any atom is 0.414 e. The largest absolute Gasteiger partial charge is 0.447 e. The second kappa shape index (κ2) is 5.68. The summed E-state index contributed by atoms with van der Waals surface area (Å²) in [6.45, 7) is 0.887. The Balaban J connectivity index is 1.77. The van der Waals surface area contributed by atoms with Crippen LogP contribution in [0, 0.1) is 10.1 Å². The smallest absolute Gasteiger partial charge is 0.414 e. The number of aromatic nitrogens is 1. The van der Waals surface area contributed by atoms with Crippen LogP contribution in [-0.4, -0.2) is 29.2 Å². The van der Waals surface area contributed by atoms with E-state index in [1.54, 1.807) is 18.2 Å². The van der Waals surface area contributed by atoms with Gasteiger partial charge < -0.3 is 10.1 Å². The van der Waals surface area contributed by atoms with Gasteiger partial charge in [0.15, 0.2) is 0 Å². The average Bonchev–Trinajstić information content (AvgIpc) is 2.94. The summed E-state index contributed by atoms with van der Waals surface area (Å²) in [5.74, 6) is 0.478. The molecule has 1 amide bonds. The molecule has 3 rings (SSSR count). The number of hydrogen-bond donors (Lipinski definition) is 1. The van der Waals surface area contributed by atoms with Crippen LogP contribution in [-0.2, 0) is 4.74 Å². The van der Waals surface area contributed by atoms with E-state index < -0.39 is 4.92 Å². The minimum absolute atomic E-state index is 0.0703. The lowest BCUT2D eigenvalue weighted by molar-refractivity contribution is -0.385. The van der Waals surface area contributed by atoms with Gasteiger partial charge in [-0.25, -0.2) is 9.78 Å². The highest BCUT2D eigenvalue weighted by atomic mass is 16.6. The third-order valence-corrected chi connectivity index (χ3v) is 3.15. The van der Waals surface area contributed by atoms with Gasteiger partial charge in [0, 0.05) is 17.4 Å². The SMILES string of the molecule is O=C1OCCN1c1cccc(Nc2ccc([N+](=O)[O-])cn2)c1. The predicted molar refractivity (Wildman–Crippen MR) is 79.3 cm³/mol. The van der Waals surface area contributed by atoms with E-state index in [1.165, 1.54) is 23.2 Å². The molecule has 1 fully saturated rings. The minimum Gasteiger partial charge on any atom is -0.447 e. The molecule has 0 spiro atoms. The fourth-order valence-electron chi connectivity index (χ4n) is 2.10. The third-order valence-electron chi connectivity index (χ3n) is 3.15. The first-order valence-corrected chi connectivity index (χ1v) is 6.55. The van der Waals surface area contributed by atoms with Crippen LogP contribution in [0.25, 0.3) is 0 Å². The number of amides is 1. The number of rotatable bonds is 4. The van der Waals surface area contributed by atoms with E-state index in [4.69, 9.17) is 4.74 Å². The van der Waals surface area contributed by atoms with Crippen LogP contribution in [0.3, 0.4) is 0 Å². The number of hydrogen-bond acceptors (Lipinski definition) is 6. The van der Waals surface area contributed by atoms with Gasteiger partial charge in [-0.05, 0) is 24.3 Å². The Morgan fingerprint density at radius 3 is 2.82 bits per heavy atom. The molecule has 0 saturated carbocycles. The first-order chi connectivity index (χ1) is 10.6. The van der Waals surface area contributed by atoms with Crippen LogP contribution in [0.1, 0.15) is 0 Å². The van der Waals surface area contributed by atoms with Gasteiger partial charge in [0.05, 0.1) is 11.5 Å². The zero-order valence-electron chi connectivity index (χ0n) is 11.4. The van der Waals surface area contributed by atoms with Crippen LogP contribution in [0.5, 0.6) is 0 Å². The van der Waals surface area contributed by atoms with Crippen molar-refractivity contribution in [3.05, 3.63) is 52.7 Å². The maximum absolute atomic E-state index is 11.6. The van der Waals surface area contributed by atoms with Gasteiger partial charge in [-0.2, -0.15) is 0 Å². The lowest BCUT2D eigenvalue weighted by atomic mass is 10.2. The Morgan fingerprint density at radius 1 is 1.32 bits per heavy atom. The number of pyridine rings is 1. The van der Waals surface area contributed by atoms with Gasteiger partial charge in [-0.1, -0.05) is 6.07 Å². The van der Waals surface area contributed by atoms with Crippen molar-refractivity contribution in [1.82, 2.24) is 4.98 Å². The molecule has 1 aliphatic heterocycles. The van der Waals surface area contributed by atoms with Crippen molar-refractivity contribution in [2.75, 3.05) is 23.4 Å². The second-order valence-corrected chi connectivity index (χ2v) is 4.60. The highest BCUT2D eigenvalue weighted by Gasteiger charge is 2.23. The Morgan fingerprint density at radius 2 is 2.18 bits per heavy atom. The summed E-state index contributed by atoms with van der Waals surface area (Å²) in [4.78, 5) is 27.2. The monoisotopic (exact) mass is 300 g/mol. The fourth-order valence-corrected chi connectivity index (χ4v) is 2.10. The van der Waals surface area contributed by atoms with Crippen LogP contribution >= 0.6 is 0 Å². The van der Waals surface area contributed by atoms with Crippen molar-refractivity contribution >= 4 is 29.0 Å². The molecule has 1 saturated heterocycles. The number of cyclic esters (lactones) is 1. The number of anilines is 3. The lowest BCUT2D eigenvalue weighted by Gasteiger charge is -2.14. The molecule has 0 aliphatic carbocycles. The first kappa shape index (κ1) is 13.8. The molecular formula is C14H12N4O4. The number of carbonyl (C=O) groups is 1. The Bertz CT molecular complexity index is 717. The van der Waals surface area contributed by atoms with Crippen LogP contribution in [0.15, 0.2) is 42.6 Å². The quantitative estimate of drug-likeness (QED) is 0.688. The van der Waals surface area contributed by atoms with Crippen LogP contribution < -0.4 is 10.2 Å². The van der Waals surface area contributed by atoms with Crippen molar-refractivity contribution in [3.63, 3.8) is 0 Å². The fraction of sp³-hybridized carbons (Fsp3) is 0.143. The molecule has 8 heteroatoms. The first-order valence-electron chi connectivity index (χ1n) is 6.55. The van der Waals surface area contributed by atoms with Crippen LogP contribution in [0.4, 0.5) is 27.7 Å². The number of ether oxygens (including phenoxy) is 1. The molecule has 112 valence electrons. The van der Waals surface area contributed by atoms with E-state index in [0.29, 0.717) is 19.0 Å². The van der Waals surface area contributed by atoms with Gasteiger partial charge in [0.1, 0.15) is 18.6 Å². The van der Waals surface area contributed by atoms with Gasteiger partial charge in [0.2, 0.25) is 0 Å². The standard InChI is InChI=1S/C14H12N4O4/c19-14-17(6-7-22-14)11-3-1-2-10(8-11)16-13-5-4-12(9-15-13)18(20)21/h1-5,8-9H,6-7H2,(H,15,16). The van der Waals surface area contributed by atoms with E-state index in [2.05, 4.69) is 10.3 Å². The summed E-state index contributed by atoms with van der Waals surface area (Å²) < 4.78 is 4.90. The number of nitrogens with zero attached hydrogens (tertiary/aromatic N) is 3. The Hall–Kier alpha value is -3.16. The highest BCUT2D eigenvalue weighted by Crippen LogP contribution is 2.24. The molecule has 22 heavy (non-hydrogen) atoms. The summed E-state index contributed by atoms with van der Waals surface area (Å²) in [6.07, 6.45) is 0.815. The van der Waals surface area contributed by atoms with Crippen molar-refractivity contribution < 1.29 is 14.5 Å². The minimum atomic E-state index is -0.504. The van der Waals surface area contributed by atoms with Gasteiger partial charge >= 0.3 is 6.09 Å². The van der Waals surface area contributed by atoms with E-state index >= 15 is 0 Å². The topological polar surface area (TPSA) is 97.6 Å². The maximum atomic E-state index is 11.6. The number of nitrogens with one attached hydrogen (secondary N) is 1. The lowest BCUT2D eigenvalue weighted by Crippen LogP contribution is -2.23.